The summed E-state index contributed by atoms with van der Waals surface area (Å²) in [5.74, 6) is -4.81. The van der Waals surface area contributed by atoms with Crippen molar-refractivity contribution in [2.45, 2.75) is 115 Å². The monoisotopic (exact) mass is 641 g/mol. The van der Waals surface area contributed by atoms with Gasteiger partial charge >= 0.3 is 5.97 Å². The van der Waals surface area contributed by atoms with Crippen LogP contribution in [0.5, 0.6) is 11.6 Å². The van der Waals surface area contributed by atoms with E-state index in [-0.39, 0.29) is 48.7 Å². The van der Waals surface area contributed by atoms with E-state index in [0.717, 1.165) is 38.4 Å². The molecule has 0 N–H and O–H groups in total. The Balaban J connectivity index is 1.40. The van der Waals surface area contributed by atoms with E-state index in [1.54, 1.807) is 18.2 Å². The fourth-order valence-corrected chi connectivity index (χ4v) is 8.01. The number of alkyl halides is 2. The molecule has 2 saturated carbocycles. The third kappa shape index (κ3) is 6.43. The van der Waals surface area contributed by atoms with E-state index < -0.39 is 53.4 Å². The van der Waals surface area contributed by atoms with Crippen molar-refractivity contribution < 1.29 is 37.4 Å². The van der Waals surface area contributed by atoms with Crippen molar-refractivity contribution in [1.29, 1.82) is 0 Å². The number of carbonyl (C=O) groups is 3. The van der Waals surface area contributed by atoms with E-state index in [0.29, 0.717) is 36.9 Å². The van der Waals surface area contributed by atoms with Gasteiger partial charge in [0.1, 0.15) is 24.2 Å². The summed E-state index contributed by atoms with van der Waals surface area (Å²) < 4.78 is 49.5. The number of aldehydes is 1. The zero-order chi connectivity index (χ0) is 32.6. The Morgan fingerprint density at radius 2 is 1.78 bits per heavy atom. The second-order valence-electron chi connectivity index (χ2n) is 14.0. The van der Waals surface area contributed by atoms with Gasteiger partial charge in [0, 0.05) is 18.4 Å². The molecule has 6 atom stereocenters. The molecule has 2 aliphatic heterocycles. The third-order valence-corrected chi connectivity index (χ3v) is 11.0. The van der Waals surface area contributed by atoms with Gasteiger partial charge in [-0.2, -0.15) is 8.78 Å². The SMILES string of the molecule is CC[C@@H]1[C@@H]2CN(C(=O)[C@H](C3(C)CCCCC3)CC(=O)O[C@@H]3C[C@H]3CCCCC(F)(F)c3nc4ccc(OC)cc4nc3O2)[C@@H]1C=O. The molecule has 0 spiro atoms. The van der Waals surface area contributed by atoms with Crippen LogP contribution >= 0.6 is 0 Å². The van der Waals surface area contributed by atoms with Gasteiger partial charge in [0.25, 0.3) is 5.92 Å². The highest BCUT2D eigenvalue weighted by molar-refractivity contribution is 5.87. The molecule has 3 heterocycles. The van der Waals surface area contributed by atoms with Gasteiger partial charge < -0.3 is 23.9 Å². The average Bonchev–Trinajstić information content (AvgIpc) is 3.68. The fraction of sp³-hybridized carbons (Fsp3) is 0.686. The predicted molar refractivity (Wildman–Crippen MR) is 165 cm³/mol. The number of methoxy groups -OCH3 is 1. The molecular weight excluding hydrogens is 596 g/mol. The molecule has 250 valence electrons. The number of benzene rings is 1. The first-order chi connectivity index (χ1) is 22.1. The fourth-order valence-electron chi connectivity index (χ4n) is 8.01. The van der Waals surface area contributed by atoms with Crippen molar-refractivity contribution in [3.05, 3.63) is 23.9 Å². The molecule has 1 amide bonds. The Hall–Kier alpha value is -3.37. The molecular formula is C35H45F2N3O6. The van der Waals surface area contributed by atoms with Crippen LogP contribution in [0, 0.1) is 23.2 Å². The number of fused-ring (bicyclic) bond motifs is 5. The number of amides is 1. The van der Waals surface area contributed by atoms with Crippen LogP contribution in [0.3, 0.4) is 0 Å². The standard InChI is InChI=1S/C35H45F2N3O6/c1-4-23-27(20-41)40-19-29(23)46-32-31(38-25-12-11-22(44-3)17-26(25)39-32)35(36,37)15-9-6-10-21-16-28(21)45-30(42)18-24(33(40)43)34(2)13-7-5-8-14-34/h11-12,17,20-21,23-24,27-29H,4-10,13-16,18-19H2,1-3H3/t21-,23+,24-,27-,28-,29+/m1/s1. The Morgan fingerprint density at radius 1 is 1.02 bits per heavy atom. The van der Waals surface area contributed by atoms with Crippen molar-refractivity contribution in [2.75, 3.05) is 13.7 Å². The average molecular weight is 642 g/mol. The van der Waals surface area contributed by atoms with Gasteiger partial charge in [0.05, 0.1) is 43.1 Å². The lowest BCUT2D eigenvalue weighted by Gasteiger charge is -2.41. The van der Waals surface area contributed by atoms with E-state index >= 15 is 8.78 Å². The summed E-state index contributed by atoms with van der Waals surface area (Å²) in [6, 6.07) is 4.03. The second-order valence-corrected chi connectivity index (χ2v) is 14.0. The molecule has 4 aliphatic rings. The predicted octanol–water partition coefficient (Wildman–Crippen LogP) is 6.40. The Labute approximate surface area is 268 Å². The van der Waals surface area contributed by atoms with Crippen LogP contribution in [0.4, 0.5) is 8.78 Å². The zero-order valence-corrected chi connectivity index (χ0v) is 27.0. The minimum Gasteiger partial charge on any atom is -0.497 e. The van der Waals surface area contributed by atoms with Crippen LogP contribution < -0.4 is 9.47 Å². The van der Waals surface area contributed by atoms with Gasteiger partial charge in [-0.25, -0.2) is 9.97 Å². The van der Waals surface area contributed by atoms with Crippen molar-refractivity contribution in [2.24, 2.45) is 23.2 Å². The van der Waals surface area contributed by atoms with Gasteiger partial charge in [-0.05, 0) is 62.0 Å². The van der Waals surface area contributed by atoms with Crippen LogP contribution in [0.15, 0.2) is 18.2 Å². The highest BCUT2D eigenvalue weighted by atomic mass is 19.3. The van der Waals surface area contributed by atoms with Crippen molar-refractivity contribution in [1.82, 2.24) is 14.9 Å². The summed E-state index contributed by atoms with van der Waals surface area (Å²) in [6.07, 6.45) is 6.48. The van der Waals surface area contributed by atoms with E-state index in [1.165, 1.54) is 12.0 Å². The lowest BCUT2D eigenvalue weighted by molar-refractivity contribution is -0.155. The van der Waals surface area contributed by atoms with Crippen LogP contribution in [-0.2, 0) is 25.0 Å². The molecule has 9 nitrogen and oxygen atoms in total. The van der Waals surface area contributed by atoms with Crippen molar-refractivity contribution in [3.8, 4) is 11.6 Å². The molecule has 3 fully saturated rings. The molecule has 11 heteroatoms. The van der Waals surface area contributed by atoms with Crippen LogP contribution in [0.25, 0.3) is 11.0 Å². The largest absolute Gasteiger partial charge is 0.497 e. The lowest BCUT2D eigenvalue weighted by Crippen LogP contribution is -2.48. The molecule has 1 saturated heterocycles. The summed E-state index contributed by atoms with van der Waals surface area (Å²) in [6.45, 7) is 3.96. The topological polar surface area (TPSA) is 108 Å². The quantitative estimate of drug-likeness (QED) is 0.279. The van der Waals surface area contributed by atoms with Crippen LogP contribution in [0.1, 0.15) is 96.6 Å². The molecule has 6 rings (SSSR count). The smallest absolute Gasteiger partial charge is 0.306 e. The van der Waals surface area contributed by atoms with Gasteiger partial charge in [0.2, 0.25) is 11.8 Å². The van der Waals surface area contributed by atoms with Crippen molar-refractivity contribution in [3.63, 3.8) is 0 Å². The van der Waals surface area contributed by atoms with Crippen LogP contribution in [-0.4, -0.2) is 64.9 Å². The number of aromatic nitrogens is 2. The summed E-state index contributed by atoms with van der Waals surface area (Å²) >= 11 is 0. The van der Waals surface area contributed by atoms with E-state index in [1.807, 2.05) is 6.92 Å². The molecule has 2 aliphatic carbocycles. The lowest BCUT2D eigenvalue weighted by atomic mass is 9.65. The third-order valence-electron chi connectivity index (χ3n) is 11.0. The maximum absolute atomic E-state index is 16.0. The van der Waals surface area contributed by atoms with E-state index in [9.17, 15) is 14.4 Å². The number of rotatable bonds is 4. The first-order valence-corrected chi connectivity index (χ1v) is 16.9. The van der Waals surface area contributed by atoms with Gasteiger partial charge in [0.15, 0.2) is 5.69 Å². The molecule has 1 aromatic heterocycles. The first kappa shape index (κ1) is 32.6. The number of carbonyl (C=O) groups excluding carboxylic acids is 3. The summed E-state index contributed by atoms with van der Waals surface area (Å²) in [7, 11) is 1.51. The first-order valence-electron chi connectivity index (χ1n) is 16.9. The minimum absolute atomic E-state index is 0.00983. The maximum Gasteiger partial charge on any atom is 0.306 e. The molecule has 1 aromatic carbocycles. The summed E-state index contributed by atoms with van der Waals surface area (Å²) in [5, 5.41) is 0. The van der Waals surface area contributed by atoms with E-state index in [2.05, 4.69) is 16.9 Å². The highest BCUT2D eigenvalue weighted by Crippen LogP contribution is 2.47. The summed E-state index contributed by atoms with van der Waals surface area (Å²) in [5.41, 5.74) is -0.341. The number of halogens is 2. The Morgan fingerprint density at radius 3 is 2.50 bits per heavy atom. The van der Waals surface area contributed by atoms with Crippen molar-refractivity contribution >= 4 is 29.2 Å². The molecule has 46 heavy (non-hydrogen) atoms. The number of ether oxygens (including phenoxy) is 3. The number of esters is 1. The zero-order valence-electron chi connectivity index (χ0n) is 27.0. The van der Waals surface area contributed by atoms with Gasteiger partial charge in [-0.3, -0.25) is 9.59 Å². The van der Waals surface area contributed by atoms with Gasteiger partial charge in [-0.15, -0.1) is 0 Å². The number of nitrogens with zero attached hydrogens (tertiary/aromatic N) is 3. The Kier molecular flexibility index (Phi) is 9.22. The number of hydrogen-bond donors (Lipinski definition) is 0. The Bertz CT molecular complexity index is 1460. The molecule has 2 aromatic rings. The molecule has 0 radical (unpaired) electrons. The minimum atomic E-state index is -3.34. The molecule has 2 bridgehead atoms. The number of hydrogen-bond acceptors (Lipinski definition) is 8. The summed E-state index contributed by atoms with van der Waals surface area (Å²) in [4.78, 5) is 50.9. The van der Waals surface area contributed by atoms with Crippen LogP contribution in [0.2, 0.25) is 0 Å². The normalized spacial score (nSPS) is 31.5. The highest BCUT2D eigenvalue weighted by Gasteiger charge is 2.51. The van der Waals surface area contributed by atoms with Gasteiger partial charge in [-0.1, -0.05) is 39.5 Å². The molecule has 0 unspecified atom stereocenters. The maximum atomic E-state index is 16.0. The second kappa shape index (κ2) is 13.0. The van der Waals surface area contributed by atoms with E-state index in [4.69, 9.17) is 14.2 Å².